The Morgan fingerprint density at radius 3 is 2.62 bits per heavy atom. The summed E-state index contributed by atoms with van der Waals surface area (Å²) in [6.45, 7) is 3.01. The van der Waals surface area contributed by atoms with Crippen LogP contribution in [0.25, 0.3) is 0 Å². The Balaban J connectivity index is 1.69. The summed E-state index contributed by atoms with van der Waals surface area (Å²) in [4.78, 5) is 39.2. The van der Waals surface area contributed by atoms with E-state index in [0.717, 1.165) is 15.7 Å². The smallest absolute Gasteiger partial charge is 0.308 e. The summed E-state index contributed by atoms with van der Waals surface area (Å²) in [6.07, 6.45) is 0.666. The molecule has 2 aliphatic heterocycles. The molecule has 3 rings (SSSR count). The van der Waals surface area contributed by atoms with Crippen molar-refractivity contribution in [2.45, 2.75) is 19.8 Å². The molecule has 0 spiro atoms. The third-order valence-electron chi connectivity index (χ3n) is 4.78. The number of hydrogen-bond donors (Lipinski definition) is 1. The Kier molecular flexibility index (Phi) is 4.62. The van der Waals surface area contributed by atoms with Crippen molar-refractivity contribution in [1.82, 2.24) is 4.90 Å². The number of benzene rings is 1. The van der Waals surface area contributed by atoms with E-state index in [1.165, 1.54) is 0 Å². The summed E-state index contributed by atoms with van der Waals surface area (Å²) < 4.78 is 0.974. The number of nitrogens with zero attached hydrogens (tertiary/aromatic N) is 2. The van der Waals surface area contributed by atoms with Crippen LogP contribution < -0.4 is 4.90 Å². The molecule has 7 heteroatoms. The van der Waals surface area contributed by atoms with E-state index in [1.54, 1.807) is 9.80 Å². The molecule has 24 heavy (non-hydrogen) atoms. The van der Waals surface area contributed by atoms with E-state index in [0.29, 0.717) is 19.5 Å². The maximum Gasteiger partial charge on any atom is 0.308 e. The lowest BCUT2D eigenvalue weighted by Crippen LogP contribution is -2.36. The van der Waals surface area contributed by atoms with Gasteiger partial charge in [0.25, 0.3) is 0 Å². The summed E-state index contributed by atoms with van der Waals surface area (Å²) in [7, 11) is 0. The third-order valence-corrected chi connectivity index (χ3v) is 5.67. The maximum atomic E-state index is 12.6. The van der Waals surface area contributed by atoms with E-state index in [4.69, 9.17) is 5.11 Å². The summed E-state index contributed by atoms with van der Waals surface area (Å²) in [5, 5.41) is 9.06. The number of aliphatic carboxylic acids is 1. The van der Waals surface area contributed by atoms with E-state index in [2.05, 4.69) is 15.9 Å². The van der Waals surface area contributed by atoms with Crippen LogP contribution in [-0.4, -0.2) is 47.4 Å². The van der Waals surface area contributed by atoms with Gasteiger partial charge in [-0.05, 0) is 37.1 Å². The maximum absolute atomic E-state index is 12.6. The first-order valence-corrected chi connectivity index (χ1v) is 8.74. The Hall–Kier alpha value is -1.89. The number of halogens is 1. The Morgan fingerprint density at radius 1 is 1.25 bits per heavy atom. The Labute approximate surface area is 148 Å². The normalized spacial score (nSPS) is 23.8. The standard InChI is InChI=1S/C17H19BrN2O4/c1-10-6-13(2-3-14(10)18)20-9-12(7-15(20)21)16(22)19-5-4-11(8-19)17(23)24/h2-3,6,11-12H,4-5,7-9H2,1H3,(H,23,24). The van der Waals surface area contributed by atoms with Gasteiger partial charge in [-0.2, -0.15) is 0 Å². The second-order valence-electron chi connectivity index (χ2n) is 6.45. The molecule has 2 fully saturated rings. The second-order valence-corrected chi connectivity index (χ2v) is 7.30. The number of carbonyl (C=O) groups excluding carboxylic acids is 2. The van der Waals surface area contributed by atoms with Crippen molar-refractivity contribution in [3.05, 3.63) is 28.2 Å². The lowest BCUT2D eigenvalue weighted by Gasteiger charge is -2.21. The highest BCUT2D eigenvalue weighted by Gasteiger charge is 2.40. The fraction of sp³-hybridized carbons (Fsp3) is 0.471. The van der Waals surface area contributed by atoms with Crippen molar-refractivity contribution in [2.75, 3.05) is 24.5 Å². The molecule has 0 aliphatic carbocycles. The molecule has 128 valence electrons. The van der Waals surface area contributed by atoms with Crippen molar-refractivity contribution in [3.63, 3.8) is 0 Å². The molecule has 2 amide bonds. The summed E-state index contributed by atoms with van der Waals surface area (Å²) in [6, 6.07) is 5.67. The zero-order valence-electron chi connectivity index (χ0n) is 13.4. The van der Waals surface area contributed by atoms with Gasteiger partial charge in [0, 0.05) is 36.2 Å². The molecule has 2 atom stereocenters. The van der Waals surface area contributed by atoms with Gasteiger partial charge >= 0.3 is 5.97 Å². The zero-order valence-corrected chi connectivity index (χ0v) is 15.0. The lowest BCUT2D eigenvalue weighted by atomic mass is 10.1. The number of aryl methyl sites for hydroxylation is 1. The van der Waals surface area contributed by atoms with Gasteiger partial charge in [-0.25, -0.2) is 0 Å². The summed E-state index contributed by atoms with van der Waals surface area (Å²) in [5.41, 5.74) is 1.82. The van der Waals surface area contributed by atoms with Crippen molar-refractivity contribution < 1.29 is 19.5 Å². The molecule has 0 saturated carbocycles. The van der Waals surface area contributed by atoms with E-state index in [-0.39, 0.29) is 24.8 Å². The van der Waals surface area contributed by atoms with Gasteiger partial charge in [0.05, 0.1) is 11.8 Å². The quantitative estimate of drug-likeness (QED) is 0.850. The van der Waals surface area contributed by atoms with E-state index in [9.17, 15) is 14.4 Å². The highest BCUT2D eigenvalue weighted by atomic mass is 79.9. The first-order chi connectivity index (χ1) is 11.4. The van der Waals surface area contributed by atoms with Crippen LogP contribution in [0.2, 0.25) is 0 Å². The van der Waals surface area contributed by atoms with E-state index in [1.807, 2.05) is 25.1 Å². The SMILES string of the molecule is Cc1cc(N2CC(C(=O)N3CCC(C(=O)O)C3)CC2=O)ccc1Br. The molecule has 0 bridgehead atoms. The number of hydrogen-bond acceptors (Lipinski definition) is 3. The van der Waals surface area contributed by atoms with Crippen LogP contribution in [0.1, 0.15) is 18.4 Å². The molecule has 1 aromatic carbocycles. The predicted molar refractivity (Wildman–Crippen MR) is 91.7 cm³/mol. The molecular formula is C17H19BrN2O4. The van der Waals surface area contributed by atoms with Gasteiger partial charge in [0.1, 0.15) is 0 Å². The number of carboxylic acid groups (broad SMARTS) is 1. The molecule has 0 radical (unpaired) electrons. The van der Waals surface area contributed by atoms with Crippen LogP contribution in [0.4, 0.5) is 5.69 Å². The van der Waals surface area contributed by atoms with Gasteiger partial charge in [-0.15, -0.1) is 0 Å². The van der Waals surface area contributed by atoms with Gasteiger partial charge in [0.15, 0.2) is 0 Å². The van der Waals surface area contributed by atoms with Crippen LogP contribution in [-0.2, 0) is 14.4 Å². The average molecular weight is 395 g/mol. The zero-order chi connectivity index (χ0) is 17.4. The van der Waals surface area contributed by atoms with Crippen LogP contribution in [0.3, 0.4) is 0 Å². The molecular weight excluding hydrogens is 376 g/mol. The van der Waals surface area contributed by atoms with Gasteiger partial charge in [-0.1, -0.05) is 15.9 Å². The molecule has 6 nitrogen and oxygen atoms in total. The number of carbonyl (C=O) groups is 3. The topological polar surface area (TPSA) is 77.9 Å². The number of likely N-dealkylation sites (tertiary alicyclic amines) is 1. The molecule has 1 N–H and O–H groups in total. The fourth-order valence-electron chi connectivity index (χ4n) is 3.34. The highest BCUT2D eigenvalue weighted by molar-refractivity contribution is 9.10. The molecule has 2 unspecified atom stereocenters. The third kappa shape index (κ3) is 3.17. The van der Waals surface area contributed by atoms with Crippen LogP contribution in [0, 0.1) is 18.8 Å². The van der Waals surface area contributed by atoms with Crippen LogP contribution in [0.5, 0.6) is 0 Å². The van der Waals surface area contributed by atoms with Crippen molar-refractivity contribution in [3.8, 4) is 0 Å². The second kappa shape index (κ2) is 6.55. The first kappa shape index (κ1) is 17.0. The minimum Gasteiger partial charge on any atom is -0.481 e. The van der Waals surface area contributed by atoms with Gasteiger partial charge in [0.2, 0.25) is 11.8 Å². The number of anilines is 1. The minimum absolute atomic E-state index is 0.0657. The van der Waals surface area contributed by atoms with Gasteiger partial charge in [-0.3, -0.25) is 14.4 Å². The number of amides is 2. The molecule has 2 saturated heterocycles. The lowest BCUT2D eigenvalue weighted by molar-refractivity contribution is -0.141. The minimum atomic E-state index is -0.861. The average Bonchev–Trinajstić information content (AvgIpc) is 3.16. The number of rotatable bonds is 3. The highest BCUT2D eigenvalue weighted by Crippen LogP contribution is 2.30. The fourth-order valence-corrected chi connectivity index (χ4v) is 3.59. The Bertz CT molecular complexity index is 706. The van der Waals surface area contributed by atoms with E-state index >= 15 is 0 Å². The van der Waals surface area contributed by atoms with Crippen molar-refractivity contribution in [1.29, 1.82) is 0 Å². The largest absolute Gasteiger partial charge is 0.481 e. The Morgan fingerprint density at radius 2 is 2.00 bits per heavy atom. The molecule has 2 aliphatic rings. The monoisotopic (exact) mass is 394 g/mol. The summed E-state index contributed by atoms with van der Waals surface area (Å²) >= 11 is 3.44. The van der Waals surface area contributed by atoms with E-state index < -0.39 is 17.8 Å². The van der Waals surface area contributed by atoms with Crippen molar-refractivity contribution in [2.24, 2.45) is 11.8 Å². The predicted octanol–water partition coefficient (Wildman–Crippen LogP) is 2.04. The molecule has 2 heterocycles. The van der Waals surface area contributed by atoms with Gasteiger partial charge < -0.3 is 14.9 Å². The molecule has 1 aromatic rings. The summed E-state index contributed by atoms with van der Waals surface area (Å²) in [5.74, 6) is -1.92. The number of carboxylic acids is 1. The van der Waals surface area contributed by atoms with Crippen LogP contribution >= 0.6 is 15.9 Å². The first-order valence-electron chi connectivity index (χ1n) is 7.95. The van der Waals surface area contributed by atoms with Crippen molar-refractivity contribution >= 4 is 39.4 Å². The van der Waals surface area contributed by atoms with Crippen LogP contribution in [0.15, 0.2) is 22.7 Å². The molecule has 0 aromatic heterocycles.